The third kappa shape index (κ3) is 64.1. The maximum Gasteiger partial charge on any atom is 0.472 e. The van der Waals surface area contributed by atoms with Gasteiger partial charge in [-0.1, -0.05) is 254 Å². The first-order valence-electron chi connectivity index (χ1n) is 31.3. The van der Waals surface area contributed by atoms with Crippen molar-refractivity contribution in [2.24, 2.45) is 5.73 Å². The summed E-state index contributed by atoms with van der Waals surface area (Å²) in [6, 6.07) is 0. The van der Waals surface area contributed by atoms with Crippen LogP contribution in [0.1, 0.15) is 219 Å². The molecule has 0 bridgehead atoms. The van der Waals surface area contributed by atoms with Gasteiger partial charge in [0.15, 0.2) is 6.10 Å². The molecule has 81 heavy (non-hydrogen) atoms. The lowest BCUT2D eigenvalue weighted by Gasteiger charge is -2.19. The first-order valence-corrected chi connectivity index (χ1v) is 32.8. The molecule has 454 valence electrons. The van der Waals surface area contributed by atoms with Gasteiger partial charge < -0.3 is 20.1 Å². The van der Waals surface area contributed by atoms with E-state index in [0.29, 0.717) is 12.8 Å². The molecular weight excluding hydrogens is 1030 g/mol. The van der Waals surface area contributed by atoms with Gasteiger partial charge in [0.05, 0.1) is 13.2 Å². The number of ether oxygens (including phenoxy) is 2. The minimum absolute atomic E-state index is 0.0386. The highest BCUT2D eigenvalue weighted by molar-refractivity contribution is 7.47. The number of phosphoric ester groups is 1. The largest absolute Gasteiger partial charge is 0.472 e. The fourth-order valence-corrected chi connectivity index (χ4v) is 8.51. The molecular formula is C71H112NO8P. The average molecular weight is 1140 g/mol. The van der Waals surface area contributed by atoms with E-state index in [1.54, 1.807) is 0 Å². The van der Waals surface area contributed by atoms with Crippen molar-refractivity contribution in [1.82, 2.24) is 0 Å². The average Bonchev–Trinajstić information content (AvgIpc) is 3.46. The molecule has 0 aromatic heterocycles. The standard InChI is InChI=1S/C71H112NO8P/c1-3-5-7-9-11-13-15-17-19-21-23-25-27-28-29-30-31-32-33-34-35-36-37-38-39-40-42-44-46-48-50-52-54-56-58-60-62-64-71(74)80-69(68-79-81(75,76)78-66-65-72)67-77-70(73)63-61-59-57-55-53-51-49-47-45-43-41-26-24-22-20-18-16-14-12-10-8-6-4-2/h5-8,11-14,17-20,23-26,28-29,31-32,34-35,37-38,40,42-43,45-46,48,69H,3-4,9-10,15-16,21-22,27,30,33,36,39,41,44,47,49-68,72H2,1-2H3,(H,75,76)/b7-5-,8-6-,13-11-,14-12-,19-17-,20-18-,25-23-,26-24-,29-28-,32-31-,35-34-,38-37-,42-40-,45-43-,48-46-. The summed E-state index contributed by atoms with van der Waals surface area (Å²) in [6.07, 6.45) is 96.6. The molecule has 0 aliphatic carbocycles. The number of phosphoric acid groups is 1. The normalized spacial score (nSPS) is 14.3. The van der Waals surface area contributed by atoms with Gasteiger partial charge >= 0.3 is 19.8 Å². The first-order chi connectivity index (χ1) is 39.8. The zero-order valence-electron chi connectivity index (χ0n) is 50.7. The van der Waals surface area contributed by atoms with Crippen molar-refractivity contribution in [1.29, 1.82) is 0 Å². The van der Waals surface area contributed by atoms with Crippen LogP contribution in [0.4, 0.5) is 0 Å². The van der Waals surface area contributed by atoms with Gasteiger partial charge in [-0.3, -0.25) is 18.6 Å². The van der Waals surface area contributed by atoms with Gasteiger partial charge in [-0.2, -0.15) is 0 Å². The van der Waals surface area contributed by atoms with Crippen molar-refractivity contribution in [3.63, 3.8) is 0 Å². The van der Waals surface area contributed by atoms with Crippen molar-refractivity contribution in [3.8, 4) is 0 Å². The highest BCUT2D eigenvalue weighted by Crippen LogP contribution is 2.43. The Morgan fingerprint density at radius 1 is 0.370 bits per heavy atom. The molecule has 0 spiro atoms. The van der Waals surface area contributed by atoms with E-state index in [9.17, 15) is 19.0 Å². The Hall–Kier alpha value is -4.89. The molecule has 3 N–H and O–H groups in total. The lowest BCUT2D eigenvalue weighted by molar-refractivity contribution is -0.161. The smallest absolute Gasteiger partial charge is 0.462 e. The lowest BCUT2D eigenvalue weighted by atomic mass is 10.1. The van der Waals surface area contributed by atoms with Crippen LogP contribution in [0.3, 0.4) is 0 Å². The van der Waals surface area contributed by atoms with Gasteiger partial charge in [0, 0.05) is 19.4 Å². The molecule has 0 saturated heterocycles. The Labute approximate surface area is 494 Å². The maximum absolute atomic E-state index is 12.7. The number of hydrogen-bond donors (Lipinski definition) is 2. The molecule has 0 aromatic rings. The summed E-state index contributed by atoms with van der Waals surface area (Å²) >= 11 is 0. The summed E-state index contributed by atoms with van der Waals surface area (Å²) in [5, 5.41) is 0. The number of unbranched alkanes of at least 4 members (excludes halogenated alkanes) is 13. The summed E-state index contributed by atoms with van der Waals surface area (Å²) in [7, 11) is -4.41. The molecule has 0 saturated carbocycles. The van der Waals surface area contributed by atoms with Gasteiger partial charge in [0.25, 0.3) is 0 Å². The highest BCUT2D eigenvalue weighted by Gasteiger charge is 2.26. The second-order valence-corrected chi connectivity index (χ2v) is 21.3. The van der Waals surface area contributed by atoms with Crippen LogP contribution in [-0.4, -0.2) is 49.3 Å². The summed E-state index contributed by atoms with van der Waals surface area (Å²) in [6.45, 7) is 3.46. The molecule has 0 aliphatic heterocycles. The van der Waals surface area contributed by atoms with Gasteiger partial charge in [-0.05, 0) is 135 Å². The molecule has 2 unspecified atom stereocenters. The summed E-state index contributed by atoms with van der Waals surface area (Å²) in [5.74, 6) is -0.872. The lowest BCUT2D eigenvalue weighted by Crippen LogP contribution is -2.29. The van der Waals surface area contributed by atoms with E-state index in [1.807, 2.05) is 0 Å². The molecule has 0 aromatic carbocycles. The Kier molecular flexibility index (Phi) is 60.4. The van der Waals surface area contributed by atoms with E-state index in [1.165, 1.54) is 19.3 Å². The van der Waals surface area contributed by atoms with Crippen molar-refractivity contribution >= 4 is 19.8 Å². The Bertz CT molecular complexity index is 1980. The van der Waals surface area contributed by atoms with Crippen LogP contribution in [0.2, 0.25) is 0 Å². The fraction of sp³-hybridized carbons (Fsp3) is 0.549. The minimum Gasteiger partial charge on any atom is -0.462 e. The van der Waals surface area contributed by atoms with Crippen molar-refractivity contribution in [3.05, 3.63) is 182 Å². The first kappa shape index (κ1) is 76.1. The van der Waals surface area contributed by atoms with E-state index in [4.69, 9.17) is 24.3 Å². The molecule has 9 nitrogen and oxygen atoms in total. The second kappa shape index (κ2) is 64.3. The molecule has 0 aliphatic rings. The van der Waals surface area contributed by atoms with Crippen molar-refractivity contribution < 1.29 is 37.6 Å². The van der Waals surface area contributed by atoms with E-state index < -0.39 is 32.5 Å². The van der Waals surface area contributed by atoms with E-state index in [2.05, 4.69) is 196 Å². The molecule has 0 heterocycles. The zero-order chi connectivity index (χ0) is 58.7. The quantitative estimate of drug-likeness (QED) is 0.0264. The highest BCUT2D eigenvalue weighted by atomic mass is 31.2. The van der Waals surface area contributed by atoms with Crippen molar-refractivity contribution in [2.45, 2.75) is 225 Å². The molecule has 0 fully saturated rings. The van der Waals surface area contributed by atoms with Crippen LogP contribution in [0.15, 0.2) is 182 Å². The Morgan fingerprint density at radius 2 is 0.642 bits per heavy atom. The summed E-state index contributed by atoms with van der Waals surface area (Å²) < 4.78 is 33.1. The summed E-state index contributed by atoms with van der Waals surface area (Å²) in [4.78, 5) is 35.3. The number of esters is 2. The number of carbonyl (C=O) groups is 2. The Balaban J connectivity index is 4.08. The van der Waals surface area contributed by atoms with Gasteiger partial charge in [-0.15, -0.1) is 0 Å². The monoisotopic (exact) mass is 1140 g/mol. The van der Waals surface area contributed by atoms with Crippen LogP contribution in [0.5, 0.6) is 0 Å². The van der Waals surface area contributed by atoms with Crippen LogP contribution < -0.4 is 5.73 Å². The van der Waals surface area contributed by atoms with Gasteiger partial charge in [0.1, 0.15) is 6.61 Å². The number of nitrogens with two attached hydrogens (primary N) is 1. The SMILES string of the molecule is CC/C=C\C/C=C\C/C=C\C/C=C\C/C=C\C/C=C\C/C=C\C/C=C\C/C=C\C/C=C\CCCCCCCCC(=O)OC(COC(=O)CCCCCCCCC/C=C\C/C=C\C/C=C\C/C=C\C/C=C\CC)COP(=O)(O)OCCN. The number of hydrogen-bond acceptors (Lipinski definition) is 8. The number of allylic oxidation sites excluding steroid dienone is 30. The predicted octanol–water partition coefficient (Wildman–Crippen LogP) is 20.4. The summed E-state index contributed by atoms with van der Waals surface area (Å²) in [5.41, 5.74) is 5.39. The van der Waals surface area contributed by atoms with Crippen LogP contribution in [-0.2, 0) is 32.7 Å². The third-order valence-electron chi connectivity index (χ3n) is 12.3. The molecule has 10 heteroatoms. The molecule has 2 atom stereocenters. The maximum atomic E-state index is 12.7. The van der Waals surface area contributed by atoms with Crippen LogP contribution in [0, 0.1) is 0 Å². The second-order valence-electron chi connectivity index (χ2n) is 19.8. The van der Waals surface area contributed by atoms with E-state index >= 15 is 0 Å². The zero-order valence-corrected chi connectivity index (χ0v) is 51.6. The number of carbonyl (C=O) groups excluding carboxylic acids is 2. The molecule has 0 radical (unpaired) electrons. The van der Waals surface area contributed by atoms with Crippen molar-refractivity contribution in [2.75, 3.05) is 26.4 Å². The topological polar surface area (TPSA) is 134 Å². The Morgan fingerprint density at radius 3 is 0.951 bits per heavy atom. The van der Waals surface area contributed by atoms with Gasteiger partial charge in [-0.25, -0.2) is 4.57 Å². The van der Waals surface area contributed by atoms with Crippen LogP contribution in [0.25, 0.3) is 0 Å². The number of rotatable bonds is 56. The minimum atomic E-state index is -4.41. The molecule has 0 amide bonds. The van der Waals surface area contributed by atoms with Crippen LogP contribution >= 0.6 is 7.82 Å². The van der Waals surface area contributed by atoms with Gasteiger partial charge in [0.2, 0.25) is 0 Å². The fourth-order valence-electron chi connectivity index (χ4n) is 7.75. The van der Waals surface area contributed by atoms with E-state index in [-0.39, 0.29) is 32.6 Å². The molecule has 0 rings (SSSR count). The predicted molar refractivity (Wildman–Crippen MR) is 348 cm³/mol. The van der Waals surface area contributed by atoms with E-state index in [0.717, 1.165) is 161 Å². The third-order valence-corrected chi connectivity index (χ3v) is 13.3.